The lowest BCUT2D eigenvalue weighted by Crippen LogP contribution is -2.33. The lowest BCUT2D eigenvalue weighted by atomic mass is 9.91. The van der Waals surface area contributed by atoms with Gasteiger partial charge in [0.05, 0.1) is 29.2 Å². The van der Waals surface area contributed by atoms with Crippen LogP contribution in [-0.2, 0) is 20.9 Å². The molecule has 2 aromatic heterocycles. The fourth-order valence-electron chi connectivity index (χ4n) is 4.24. The smallest absolute Gasteiger partial charge is 0.333 e. The van der Waals surface area contributed by atoms with E-state index >= 15 is 0 Å². The molecule has 1 unspecified atom stereocenters. The van der Waals surface area contributed by atoms with Crippen molar-refractivity contribution in [1.29, 1.82) is 0 Å². The minimum absolute atomic E-state index is 0.0260. The van der Waals surface area contributed by atoms with Gasteiger partial charge in [-0.05, 0) is 41.0 Å². The van der Waals surface area contributed by atoms with E-state index in [9.17, 15) is 18.3 Å². The van der Waals surface area contributed by atoms with E-state index in [1.807, 2.05) is 23.6 Å². The molecule has 3 atom stereocenters. The van der Waals surface area contributed by atoms with Crippen molar-refractivity contribution in [1.82, 2.24) is 15.3 Å². The van der Waals surface area contributed by atoms with E-state index in [0.717, 1.165) is 18.5 Å². The molecule has 0 bridgehead atoms. The second-order valence-corrected chi connectivity index (χ2v) is 10.7. The van der Waals surface area contributed by atoms with Crippen LogP contribution in [-0.4, -0.2) is 55.1 Å². The Balaban J connectivity index is 1.47. The molecule has 1 aliphatic rings. The second-order valence-electron chi connectivity index (χ2n) is 8.59. The fourth-order valence-corrected chi connectivity index (χ4v) is 5.50. The van der Waals surface area contributed by atoms with Crippen molar-refractivity contribution in [3.8, 4) is 0 Å². The summed E-state index contributed by atoms with van der Waals surface area (Å²) >= 11 is 1.36. The third-order valence-electron chi connectivity index (χ3n) is 6.24. The first kappa shape index (κ1) is 26.3. The van der Waals surface area contributed by atoms with Crippen LogP contribution in [0.5, 0.6) is 0 Å². The molecule has 0 radical (unpaired) electrons. The van der Waals surface area contributed by atoms with Crippen LogP contribution in [0, 0.1) is 5.92 Å². The molecule has 0 saturated heterocycles. The molecule has 3 aromatic rings. The number of carbonyl (C=O) groups excluding carboxylic acids is 1. The Hall–Kier alpha value is -2.74. The highest BCUT2D eigenvalue weighted by molar-refractivity contribution is 7.84. The number of aliphatic hydroxyl groups excluding tert-OH is 1. The van der Waals surface area contributed by atoms with Gasteiger partial charge in [-0.3, -0.25) is 8.98 Å². The molecule has 1 aromatic carbocycles. The van der Waals surface area contributed by atoms with Crippen LogP contribution in [0.3, 0.4) is 0 Å². The van der Waals surface area contributed by atoms with Crippen molar-refractivity contribution in [3.63, 3.8) is 0 Å². The minimum Gasteiger partial charge on any atom is -0.391 e. The number of anilines is 1. The molecule has 192 valence electrons. The van der Waals surface area contributed by atoms with Gasteiger partial charge in [-0.25, -0.2) is 15.1 Å². The lowest BCUT2D eigenvalue weighted by molar-refractivity contribution is 0.0839. The van der Waals surface area contributed by atoms with Gasteiger partial charge in [0.25, 0.3) is 0 Å². The number of thiophene rings is 1. The predicted octanol–water partition coefficient (Wildman–Crippen LogP) is 2.02. The average Bonchev–Trinajstić information content (AvgIpc) is 3.37. The van der Waals surface area contributed by atoms with E-state index in [1.54, 1.807) is 6.92 Å². The number of carbonyl (C=O) groups is 1. The number of benzene rings is 1. The predicted molar refractivity (Wildman–Crippen MR) is 137 cm³/mol. The van der Waals surface area contributed by atoms with Crippen LogP contribution in [0.2, 0.25) is 0 Å². The molecule has 5 N–H and O–H groups in total. The van der Waals surface area contributed by atoms with Gasteiger partial charge in [0.1, 0.15) is 12.1 Å². The van der Waals surface area contributed by atoms with Crippen molar-refractivity contribution >= 4 is 33.2 Å². The number of aromatic nitrogens is 2. The molecule has 0 saturated carbocycles. The summed E-state index contributed by atoms with van der Waals surface area (Å²) in [7, 11) is -4.10. The third kappa shape index (κ3) is 6.33. The first-order valence-electron chi connectivity index (χ1n) is 11.6. The SMILES string of the molecule is CC[C@H](COS(N)(=O)=O)[C@@H](O)CNc1ncncc1C(=O)c1cc(C2NCCc3ccccc32)cs1. The van der Waals surface area contributed by atoms with E-state index < -0.39 is 22.3 Å². The Morgan fingerprint density at radius 3 is 2.97 bits per heavy atom. The van der Waals surface area contributed by atoms with Crippen molar-refractivity contribution in [2.45, 2.75) is 31.9 Å². The average molecular weight is 532 g/mol. The van der Waals surface area contributed by atoms with Gasteiger partial charge >= 0.3 is 10.3 Å². The Labute approximate surface area is 214 Å². The van der Waals surface area contributed by atoms with Gasteiger partial charge in [-0.1, -0.05) is 31.2 Å². The van der Waals surface area contributed by atoms with Gasteiger partial charge in [0.15, 0.2) is 0 Å². The van der Waals surface area contributed by atoms with Gasteiger partial charge < -0.3 is 15.7 Å². The summed E-state index contributed by atoms with van der Waals surface area (Å²) in [6.07, 6.45) is 3.23. The second kappa shape index (κ2) is 11.5. The maximum Gasteiger partial charge on any atom is 0.333 e. The Morgan fingerprint density at radius 1 is 1.39 bits per heavy atom. The number of hydrogen-bond donors (Lipinski definition) is 4. The third-order valence-corrected chi connectivity index (χ3v) is 7.65. The van der Waals surface area contributed by atoms with E-state index in [4.69, 9.17) is 5.14 Å². The van der Waals surface area contributed by atoms with Crippen LogP contribution in [0.25, 0.3) is 0 Å². The largest absolute Gasteiger partial charge is 0.391 e. The fraction of sp³-hybridized carbons (Fsp3) is 0.375. The molecule has 0 spiro atoms. The maximum atomic E-state index is 13.4. The van der Waals surface area contributed by atoms with E-state index in [2.05, 4.69) is 36.9 Å². The molecule has 4 rings (SSSR count). The highest BCUT2D eigenvalue weighted by Crippen LogP contribution is 2.32. The molecule has 0 fully saturated rings. The monoisotopic (exact) mass is 531 g/mol. The van der Waals surface area contributed by atoms with Crippen LogP contribution in [0.15, 0.2) is 48.2 Å². The van der Waals surface area contributed by atoms with Crippen molar-refractivity contribution in [2.75, 3.05) is 25.0 Å². The summed E-state index contributed by atoms with van der Waals surface area (Å²) < 4.78 is 26.8. The first-order chi connectivity index (χ1) is 17.3. The number of aliphatic hydroxyl groups is 1. The minimum atomic E-state index is -4.10. The van der Waals surface area contributed by atoms with Crippen molar-refractivity contribution in [2.24, 2.45) is 11.1 Å². The van der Waals surface area contributed by atoms with E-state index in [1.165, 1.54) is 35.0 Å². The van der Waals surface area contributed by atoms with E-state index in [0.29, 0.717) is 11.3 Å². The lowest BCUT2D eigenvalue weighted by Gasteiger charge is -2.26. The number of ketones is 1. The number of nitrogens with two attached hydrogens (primary N) is 1. The zero-order valence-corrected chi connectivity index (χ0v) is 21.4. The summed E-state index contributed by atoms with van der Waals surface area (Å²) in [4.78, 5) is 22.1. The maximum absolute atomic E-state index is 13.4. The molecule has 0 amide bonds. The van der Waals surface area contributed by atoms with Gasteiger partial charge in [-0.2, -0.15) is 8.42 Å². The van der Waals surface area contributed by atoms with Gasteiger partial charge in [0, 0.05) is 25.2 Å². The quantitative estimate of drug-likeness (QED) is 0.272. The number of nitrogens with zero attached hydrogens (tertiary/aromatic N) is 2. The molecule has 36 heavy (non-hydrogen) atoms. The summed E-state index contributed by atoms with van der Waals surface area (Å²) in [5, 5.41) is 23.9. The standard InChI is InChI=1S/C24H29N5O5S2/c1-2-15(12-34-36(25,32)33)20(30)11-28-24-19(10-26-14-29-24)23(31)21-9-17(13-35-21)22-18-6-4-3-5-16(18)7-8-27-22/h3-6,9-10,13-15,20,22,27,30H,2,7-8,11-12H2,1H3,(H2,25,32,33)(H,26,28,29)/t15-,20+,22?/m1/s1. The van der Waals surface area contributed by atoms with Crippen molar-refractivity contribution in [3.05, 3.63) is 75.4 Å². The molecule has 0 aliphatic carbocycles. The number of nitrogens with one attached hydrogen (secondary N) is 2. The van der Waals surface area contributed by atoms with Crippen LogP contribution < -0.4 is 15.8 Å². The number of fused-ring (bicyclic) bond motifs is 1. The van der Waals surface area contributed by atoms with Crippen molar-refractivity contribution < 1.29 is 22.5 Å². The molecular formula is C24H29N5O5S2. The zero-order valence-electron chi connectivity index (χ0n) is 19.8. The van der Waals surface area contributed by atoms with Gasteiger partial charge in [-0.15, -0.1) is 11.3 Å². The molecular weight excluding hydrogens is 502 g/mol. The normalized spacial score (nSPS) is 17.2. The summed E-state index contributed by atoms with van der Waals surface area (Å²) in [5.41, 5.74) is 3.83. The molecule has 3 heterocycles. The zero-order chi connectivity index (χ0) is 25.7. The molecule has 12 heteroatoms. The topological polar surface area (TPSA) is 157 Å². The number of hydrogen-bond acceptors (Lipinski definition) is 10. The Kier molecular flexibility index (Phi) is 8.44. The van der Waals surface area contributed by atoms with Crippen LogP contribution in [0.4, 0.5) is 5.82 Å². The summed E-state index contributed by atoms with van der Waals surface area (Å²) in [5.74, 6) is -0.424. The summed E-state index contributed by atoms with van der Waals surface area (Å²) in [6, 6.07) is 10.2. The number of rotatable bonds is 11. The van der Waals surface area contributed by atoms with Gasteiger partial charge in [0.2, 0.25) is 5.78 Å². The van der Waals surface area contributed by atoms with Crippen LogP contribution in [0.1, 0.15) is 51.3 Å². The van der Waals surface area contributed by atoms with E-state index in [-0.39, 0.29) is 36.4 Å². The Bertz CT molecular complexity index is 1310. The first-order valence-corrected chi connectivity index (χ1v) is 13.9. The highest BCUT2D eigenvalue weighted by atomic mass is 32.2. The molecule has 1 aliphatic heterocycles. The van der Waals surface area contributed by atoms with Crippen LogP contribution >= 0.6 is 11.3 Å². The summed E-state index contributed by atoms with van der Waals surface area (Å²) in [6.45, 7) is 2.45. The molecule has 10 nitrogen and oxygen atoms in total. The highest BCUT2D eigenvalue weighted by Gasteiger charge is 2.25. The Morgan fingerprint density at radius 2 is 2.19 bits per heavy atom.